The van der Waals surface area contributed by atoms with E-state index in [0.29, 0.717) is 0 Å². The zero-order chi connectivity index (χ0) is 2.71. The molecule has 0 aliphatic rings. The Balaban J connectivity index is 0. The maximum absolute atomic E-state index is 4.66. The molecule has 0 aromatic heterocycles. The summed E-state index contributed by atoms with van der Waals surface area (Å²) in [6.45, 7) is 0. The van der Waals surface area contributed by atoms with Crippen LogP contribution >= 0.6 is 0 Å². The molecule has 4 heteroatoms. The van der Waals surface area contributed by atoms with E-state index in [4.69, 9.17) is 0 Å². The fourth-order valence-corrected chi connectivity index (χ4v) is 0. The Kier molecular flexibility index (Phi) is 20.9. The Bertz CT molecular complexity index is 6.00. The summed E-state index contributed by atoms with van der Waals surface area (Å²) in [7, 11) is 0. The molecule has 0 atom stereocenters. The number of hydrogen-bond donors (Lipinski definition) is 2. The molecule has 0 aliphatic heterocycles. The average Bonchev–Trinajstić information content (AvgIpc) is 0.918. The van der Waals surface area contributed by atoms with E-state index >= 15 is 0 Å². The molecule has 33 valence electrons. The molecule has 0 fully saturated rings. The van der Waals surface area contributed by atoms with Crippen LogP contribution in [0.2, 0.25) is 0 Å². The fraction of sp³-hybridized carbons (Fsp3) is 0. The van der Waals surface area contributed by atoms with E-state index in [2.05, 4.69) is 8.27 Å². The Morgan fingerprint density at radius 1 is 1.25 bits per heavy atom. The maximum atomic E-state index is 4.66. The molecular weight excluding hydrogens is 152 g/mol. The fourth-order valence-electron chi connectivity index (χ4n) is 0. The normalized spacial score (nSPS) is 5.50. The first-order valence-electron chi connectivity index (χ1n) is 0.348. The molecule has 0 aliphatic carbocycles. The topological polar surface area (TPSA) is 83.5 Å². The van der Waals surface area contributed by atoms with Gasteiger partial charge in [-0.25, -0.2) is 0 Å². The second-order valence-corrected chi connectivity index (χ2v) is 0.595. The summed E-state index contributed by atoms with van der Waals surface area (Å²) in [5.41, 5.74) is 0. The van der Waals surface area contributed by atoms with Crippen molar-refractivity contribution in [2.45, 2.75) is 0 Å². The van der Waals surface area contributed by atoms with Crippen LogP contribution < -0.4 is 8.27 Å². The van der Waals surface area contributed by atoms with E-state index in [-0.39, 0.29) is 25.8 Å². The summed E-state index contributed by atoms with van der Waals surface area (Å²) >= 11 is 0.0700. The molecule has 0 radical (unpaired) electrons. The molecule has 0 bridgehead atoms. The van der Waals surface area contributed by atoms with Gasteiger partial charge < -0.3 is 5.48 Å². The van der Waals surface area contributed by atoms with Crippen LogP contribution in [0, 0.1) is 0 Å². The number of hydrogen-bond acceptors (Lipinski definition) is 2. The van der Waals surface area contributed by atoms with Gasteiger partial charge in [-0.2, -0.15) is 0 Å². The van der Waals surface area contributed by atoms with Crippen molar-refractivity contribution in [2.75, 3.05) is 0 Å². The first-order chi connectivity index (χ1) is 1.41. The molecule has 0 unspecified atom stereocenters. The van der Waals surface area contributed by atoms with Gasteiger partial charge in [0.2, 0.25) is 0 Å². The van der Waals surface area contributed by atoms with Crippen LogP contribution in [0.4, 0.5) is 0 Å². The monoisotopic (exact) mass is 157 g/mol. The second-order valence-electron chi connectivity index (χ2n) is 0.101. The second kappa shape index (κ2) is 9.47. The van der Waals surface area contributed by atoms with Crippen LogP contribution in [0.15, 0.2) is 0 Å². The third kappa shape index (κ3) is 17.9. The molecule has 3 nitrogen and oxygen atoms in total. The zero-order valence-electron chi connectivity index (χ0n) is 1.96. The minimum atomic E-state index is 0. The van der Waals surface area contributed by atoms with Gasteiger partial charge in [0.05, 0.1) is 0 Å². The summed E-state index contributed by atoms with van der Waals surface area (Å²) in [5, 5.41) is 0. The molecule has 0 spiro atoms. The van der Waals surface area contributed by atoms with Crippen LogP contribution in [-0.2, 0) is 20.3 Å². The number of nitrogens with two attached hydrogens (primary N) is 2. The molecular formula is H6AgN2O. The Morgan fingerprint density at radius 2 is 1.25 bits per heavy atom. The third-order valence-corrected chi connectivity index (χ3v) is 0. The summed E-state index contributed by atoms with van der Waals surface area (Å²) in [6, 6.07) is 0. The molecule has 0 saturated carbocycles. The van der Waals surface area contributed by atoms with Crippen molar-refractivity contribution in [3.8, 4) is 0 Å². The van der Waals surface area contributed by atoms with E-state index in [1.165, 1.54) is 0 Å². The Labute approximate surface area is 34.6 Å². The first kappa shape index (κ1) is 8.82. The van der Waals surface area contributed by atoms with Crippen LogP contribution in [0.1, 0.15) is 0 Å². The van der Waals surface area contributed by atoms with Crippen LogP contribution in [0.3, 0.4) is 0 Å². The van der Waals surface area contributed by atoms with Crippen molar-refractivity contribution in [2.24, 2.45) is 8.27 Å². The molecule has 0 aromatic carbocycles. The molecule has 0 saturated heterocycles. The van der Waals surface area contributed by atoms with E-state index in [1.54, 1.807) is 0 Å². The Morgan fingerprint density at radius 3 is 1.25 bits per heavy atom. The number of rotatable bonds is 0. The van der Waals surface area contributed by atoms with Crippen molar-refractivity contribution >= 4 is 0 Å². The van der Waals surface area contributed by atoms with E-state index in [0.717, 1.165) is 0 Å². The predicted octanol–water partition coefficient (Wildman–Crippen LogP) is -2.01. The SMILES string of the molecule is O.[NH2][Ag][NH2]. The van der Waals surface area contributed by atoms with Crippen molar-refractivity contribution < 1.29 is 25.8 Å². The van der Waals surface area contributed by atoms with Gasteiger partial charge in [0.1, 0.15) is 0 Å². The van der Waals surface area contributed by atoms with Crippen LogP contribution in [-0.4, -0.2) is 5.48 Å². The van der Waals surface area contributed by atoms with Gasteiger partial charge in [0.15, 0.2) is 0 Å². The molecule has 0 heterocycles. The van der Waals surface area contributed by atoms with Crippen LogP contribution in [0.25, 0.3) is 0 Å². The third-order valence-electron chi connectivity index (χ3n) is 0. The van der Waals surface area contributed by atoms with Gasteiger partial charge in [-0.15, -0.1) is 0 Å². The quantitative estimate of drug-likeness (QED) is 0.399. The van der Waals surface area contributed by atoms with Gasteiger partial charge in [0.25, 0.3) is 0 Å². The summed E-state index contributed by atoms with van der Waals surface area (Å²) in [6.07, 6.45) is 0. The average molecular weight is 158 g/mol. The molecule has 0 rings (SSSR count). The standard InChI is InChI=1S/Ag.2H2N.H2O/h;3*1H2/q+2;2*-1;. The van der Waals surface area contributed by atoms with Crippen molar-refractivity contribution in [3.63, 3.8) is 0 Å². The summed E-state index contributed by atoms with van der Waals surface area (Å²) in [5.74, 6) is 0. The van der Waals surface area contributed by atoms with Gasteiger partial charge >= 0.3 is 28.6 Å². The van der Waals surface area contributed by atoms with Crippen molar-refractivity contribution in [1.29, 1.82) is 0 Å². The van der Waals surface area contributed by atoms with Crippen LogP contribution in [0.5, 0.6) is 0 Å². The minimum absolute atomic E-state index is 0. The summed E-state index contributed by atoms with van der Waals surface area (Å²) in [4.78, 5) is 0. The van der Waals surface area contributed by atoms with Gasteiger partial charge in [-0.1, -0.05) is 0 Å². The molecule has 6 N–H and O–H groups in total. The summed E-state index contributed by atoms with van der Waals surface area (Å²) < 4.78 is 9.31. The molecule has 4 heavy (non-hydrogen) atoms. The van der Waals surface area contributed by atoms with Gasteiger partial charge in [-0.3, -0.25) is 0 Å². The van der Waals surface area contributed by atoms with E-state index in [1.807, 2.05) is 0 Å². The molecule has 0 aromatic rings. The Hall–Kier alpha value is 0.620. The van der Waals surface area contributed by atoms with Crippen molar-refractivity contribution in [3.05, 3.63) is 0 Å². The van der Waals surface area contributed by atoms with E-state index < -0.39 is 0 Å². The molecule has 0 amide bonds. The van der Waals surface area contributed by atoms with Gasteiger partial charge in [-0.05, 0) is 0 Å². The van der Waals surface area contributed by atoms with Crippen molar-refractivity contribution in [1.82, 2.24) is 0 Å². The predicted molar refractivity (Wildman–Crippen MR) is 12.0 cm³/mol. The first-order valence-corrected chi connectivity index (χ1v) is 2.06. The zero-order valence-corrected chi connectivity index (χ0v) is 3.44. The van der Waals surface area contributed by atoms with E-state index in [9.17, 15) is 0 Å². The van der Waals surface area contributed by atoms with Gasteiger partial charge in [0, 0.05) is 0 Å².